The summed E-state index contributed by atoms with van der Waals surface area (Å²) in [5.41, 5.74) is 1.60. The zero-order chi connectivity index (χ0) is 11.5. The second-order valence-corrected chi connectivity index (χ2v) is 3.46. The molecule has 0 fully saturated rings. The number of hydrogen-bond acceptors (Lipinski definition) is 4. The van der Waals surface area contributed by atoms with Crippen LogP contribution in [-0.2, 0) is 0 Å². The monoisotopic (exact) mass is 216 g/mol. The molecule has 0 amide bonds. The van der Waals surface area contributed by atoms with Gasteiger partial charge < -0.3 is 9.72 Å². The lowest BCUT2D eigenvalue weighted by molar-refractivity contribution is 0.398. The maximum absolute atomic E-state index is 8.96. The van der Waals surface area contributed by atoms with Crippen LogP contribution in [0.15, 0.2) is 12.3 Å². The number of rotatable bonds is 3. The van der Waals surface area contributed by atoms with Crippen molar-refractivity contribution >= 4 is 11.0 Å². The SMILES string of the molecule is CCC(C#N)c1nc2cc(OC)ncc2[nH]1. The van der Waals surface area contributed by atoms with Crippen LogP contribution in [0.25, 0.3) is 11.0 Å². The number of nitrogens with zero attached hydrogens (tertiary/aromatic N) is 3. The molecule has 5 heteroatoms. The van der Waals surface area contributed by atoms with E-state index in [4.69, 9.17) is 10.00 Å². The molecule has 1 N–H and O–H groups in total. The maximum atomic E-state index is 8.96. The van der Waals surface area contributed by atoms with Gasteiger partial charge in [0, 0.05) is 6.07 Å². The fraction of sp³-hybridized carbons (Fsp3) is 0.364. The summed E-state index contributed by atoms with van der Waals surface area (Å²) in [5.74, 6) is 1.02. The van der Waals surface area contributed by atoms with Crippen LogP contribution in [0.2, 0.25) is 0 Å². The standard InChI is InChI=1S/C11H12N4O/c1-3-7(5-12)11-14-8-4-10(16-2)13-6-9(8)15-11/h4,6-7H,3H2,1-2H3,(H,14,15). The van der Waals surface area contributed by atoms with E-state index >= 15 is 0 Å². The van der Waals surface area contributed by atoms with Crippen LogP contribution in [0.4, 0.5) is 0 Å². The third kappa shape index (κ3) is 1.70. The first-order valence-electron chi connectivity index (χ1n) is 5.07. The number of aromatic amines is 1. The van der Waals surface area contributed by atoms with Crippen molar-refractivity contribution in [1.29, 1.82) is 5.26 Å². The largest absolute Gasteiger partial charge is 0.481 e. The predicted octanol–water partition coefficient (Wildman–Crippen LogP) is 1.98. The highest BCUT2D eigenvalue weighted by molar-refractivity contribution is 5.75. The molecule has 0 aliphatic carbocycles. The van der Waals surface area contributed by atoms with Crippen molar-refractivity contribution < 1.29 is 4.74 Å². The van der Waals surface area contributed by atoms with Gasteiger partial charge >= 0.3 is 0 Å². The summed E-state index contributed by atoms with van der Waals surface area (Å²) >= 11 is 0. The van der Waals surface area contributed by atoms with Crippen molar-refractivity contribution in [3.63, 3.8) is 0 Å². The lowest BCUT2D eigenvalue weighted by atomic mass is 10.1. The van der Waals surface area contributed by atoms with Gasteiger partial charge in [-0.3, -0.25) is 0 Å². The van der Waals surface area contributed by atoms with Gasteiger partial charge in [0.1, 0.15) is 11.7 Å². The Kier molecular flexibility index (Phi) is 2.73. The average Bonchev–Trinajstić information content (AvgIpc) is 2.72. The molecule has 5 nitrogen and oxygen atoms in total. The predicted molar refractivity (Wildman–Crippen MR) is 59.1 cm³/mol. The highest BCUT2D eigenvalue weighted by atomic mass is 16.5. The molecule has 0 saturated heterocycles. The van der Waals surface area contributed by atoms with Gasteiger partial charge in [-0.05, 0) is 6.42 Å². The summed E-state index contributed by atoms with van der Waals surface area (Å²) < 4.78 is 5.01. The second-order valence-electron chi connectivity index (χ2n) is 3.46. The summed E-state index contributed by atoms with van der Waals surface area (Å²) in [7, 11) is 1.56. The first kappa shape index (κ1) is 10.4. The molecular weight excluding hydrogens is 204 g/mol. The van der Waals surface area contributed by atoms with E-state index in [0.717, 1.165) is 17.5 Å². The molecule has 1 atom stereocenters. The van der Waals surface area contributed by atoms with E-state index in [9.17, 15) is 0 Å². The molecule has 0 saturated carbocycles. The van der Waals surface area contributed by atoms with Crippen LogP contribution >= 0.6 is 0 Å². The third-order valence-electron chi connectivity index (χ3n) is 2.46. The van der Waals surface area contributed by atoms with Crippen LogP contribution in [0.3, 0.4) is 0 Å². The number of methoxy groups -OCH3 is 1. The van der Waals surface area contributed by atoms with Crippen LogP contribution in [0.5, 0.6) is 5.88 Å². The first-order chi connectivity index (χ1) is 7.78. The zero-order valence-corrected chi connectivity index (χ0v) is 9.19. The highest BCUT2D eigenvalue weighted by Crippen LogP contribution is 2.21. The Morgan fingerprint density at radius 3 is 3.06 bits per heavy atom. The van der Waals surface area contributed by atoms with Crippen molar-refractivity contribution in [1.82, 2.24) is 15.0 Å². The smallest absolute Gasteiger partial charge is 0.215 e. The quantitative estimate of drug-likeness (QED) is 0.851. The van der Waals surface area contributed by atoms with E-state index in [0.29, 0.717) is 11.7 Å². The molecule has 2 heterocycles. The number of aromatic nitrogens is 3. The van der Waals surface area contributed by atoms with Crippen LogP contribution < -0.4 is 4.74 Å². The number of H-pyrrole nitrogens is 1. The minimum atomic E-state index is -0.196. The van der Waals surface area contributed by atoms with Crippen molar-refractivity contribution in [3.05, 3.63) is 18.1 Å². The number of hydrogen-bond donors (Lipinski definition) is 1. The molecule has 2 aromatic rings. The molecule has 82 valence electrons. The maximum Gasteiger partial charge on any atom is 0.215 e. The number of fused-ring (bicyclic) bond motifs is 1. The van der Waals surface area contributed by atoms with Crippen molar-refractivity contribution in [2.24, 2.45) is 0 Å². The molecule has 0 aliphatic rings. The fourth-order valence-corrected chi connectivity index (χ4v) is 1.53. The molecular formula is C11H12N4O. The van der Waals surface area contributed by atoms with E-state index in [2.05, 4.69) is 21.0 Å². The summed E-state index contributed by atoms with van der Waals surface area (Å²) in [6, 6.07) is 3.96. The third-order valence-corrected chi connectivity index (χ3v) is 2.46. The van der Waals surface area contributed by atoms with Gasteiger partial charge in [0.15, 0.2) is 0 Å². The van der Waals surface area contributed by atoms with Gasteiger partial charge in [0.25, 0.3) is 0 Å². The van der Waals surface area contributed by atoms with Gasteiger partial charge in [-0.15, -0.1) is 0 Å². The first-order valence-corrected chi connectivity index (χ1v) is 5.07. The van der Waals surface area contributed by atoms with Crippen molar-refractivity contribution in [3.8, 4) is 11.9 Å². The van der Waals surface area contributed by atoms with Gasteiger partial charge in [-0.25, -0.2) is 9.97 Å². The molecule has 2 aromatic heterocycles. The lowest BCUT2D eigenvalue weighted by Gasteiger charge is -1.98. The minimum absolute atomic E-state index is 0.196. The molecule has 16 heavy (non-hydrogen) atoms. The number of nitrogens with one attached hydrogen (secondary N) is 1. The average molecular weight is 216 g/mol. The molecule has 0 radical (unpaired) electrons. The molecule has 0 bridgehead atoms. The van der Waals surface area contributed by atoms with Crippen molar-refractivity contribution in [2.75, 3.05) is 7.11 Å². The topological polar surface area (TPSA) is 74.6 Å². The van der Waals surface area contributed by atoms with Crippen LogP contribution in [0, 0.1) is 11.3 Å². The van der Waals surface area contributed by atoms with E-state index in [-0.39, 0.29) is 5.92 Å². The van der Waals surface area contributed by atoms with E-state index in [1.54, 1.807) is 19.4 Å². The van der Waals surface area contributed by atoms with Gasteiger partial charge in [0.2, 0.25) is 5.88 Å². The van der Waals surface area contributed by atoms with E-state index in [1.165, 1.54) is 0 Å². The minimum Gasteiger partial charge on any atom is -0.481 e. The number of nitriles is 1. The van der Waals surface area contributed by atoms with Gasteiger partial charge in [0.05, 0.1) is 30.4 Å². The Labute approximate surface area is 93.1 Å². The summed E-state index contributed by atoms with van der Waals surface area (Å²) in [5, 5.41) is 8.96. The van der Waals surface area contributed by atoms with E-state index in [1.807, 2.05) is 6.92 Å². The molecule has 0 aromatic carbocycles. The normalized spacial score (nSPS) is 12.3. The molecule has 2 rings (SSSR count). The van der Waals surface area contributed by atoms with Gasteiger partial charge in [-0.1, -0.05) is 6.92 Å². The van der Waals surface area contributed by atoms with Gasteiger partial charge in [-0.2, -0.15) is 5.26 Å². The Morgan fingerprint density at radius 2 is 2.44 bits per heavy atom. The summed E-state index contributed by atoms with van der Waals surface area (Å²) in [6.45, 7) is 1.96. The molecule has 0 spiro atoms. The zero-order valence-electron chi connectivity index (χ0n) is 9.19. The summed E-state index contributed by atoms with van der Waals surface area (Å²) in [4.78, 5) is 11.5. The summed E-state index contributed by atoms with van der Waals surface area (Å²) in [6.07, 6.45) is 2.40. The highest BCUT2D eigenvalue weighted by Gasteiger charge is 2.13. The Balaban J connectivity index is 2.48. The fourth-order valence-electron chi connectivity index (χ4n) is 1.53. The Morgan fingerprint density at radius 1 is 1.62 bits per heavy atom. The number of pyridine rings is 1. The van der Waals surface area contributed by atoms with E-state index < -0.39 is 0 Å². The Bertz CT molecular complexity index is 540. The Hall–Kier alpha value is -2.09. The number of ether oxygens (including phenoxy) is 1. The lowest BCUT2D eigenvalue weighted by Crippen LogP contribution is -1.95. The van der Waals surface area contributed by atoms with Crippen molar-refractivity contribution in [2.45, 2.75) is 19.3 Å². The second kappa shape index (κ2) is 4.19. The molecule has 1 unspecified atom stereocenters. The number of imidazole rings is 1. The van der Waals surface area contributed by atoms with Crippen LogP contribution in [0.1, 0.15) is 25.1 Å². The molecule has 0 aliphatic heterocycles. The van der Waals surface area contributed by atoms with Crippen LogP contribution in [-0.4, -0.2) is 22.1 Å².